The number of nitrogens with zero attached hydrogens (tertiary/aromatic N) is 2. The highest BCUT2D eigenvalue weighted by molar-refractivity contribution is 6.31. The zero-order valence-electron chi connectivity index (χ0n) is 15.6. The smallest absolute Gasteiger partial charge is 0.121 e. The van der Waals surface area contributed by atoms with E-state index in [9.17, 15) is 0 Å². The van der Waals surface area contributed by atoms with Crippen LogP contribution in [0.4, 0.5) is 0 Å². The first-order chi connectivity index (χ1) is 12.6. The summed E-state index contributed by atoms with van der Waals surface area (Å²) >= 11 is 6.31. The van der Waals surface area contributed by atoms with Gasteiger partial charge in [0.05, 0.1) is 13.2 Å². The summed E-state index contributed by atoms with van der Waals surface area (Å²) in [5.74, 6) is 0.818. The van der Waals surface area contributed by atoms with E-state index in [4.69, 9.17) is 21.1 Å². The first-order valence-electron chi connectivity index (χ1n) is 9.08. The van der Waals surface area contributed by atoms with Crippen molar-refractivity contribution < 1.29 is 9.47 Å². The summed E-state index contributed by atoms with van der Waals surface area (Å²) in [4.78, 5) is 4.52. The first-order valence-corrected chi connectivity index (χ1v) is 9.45. The van der Waals surface area contributed by atoms with Gasteiger partial charge in [0, 0.05) is 31.2 Å². The molecule has 2 aromatic rings. The van der Waals surface area contributed by atoms with Crippen LogP contribution in [0.15, 0.2) is 42.5 Å². The van der Waals surface area contributed by atoms with Crippen LogP contribution < -0.4 is 4.74 Å². The Morgan fingerprint density at radius 1 is 1.04 bits per heavy atom. The Labute approximate surface area is 161 Å². The maximum absolute atomic E-state index is 6.31. The van der Waals surface area contributed by atoms with Gasteiger partial charge in [-0.05, 0) is 49.0 Å². The second kappa shape index (κ2) is 9.38. The van der Waals surface area contributed by atoms with Crippen molar-refractivity contribution in [3.8, 4) is 16.9 Å². The molecule has 1 aliphatic rings. The van der Waals surface area contributed by atoms with E-state index in [-0.39, 0.29) is 0 Å². The van der Waals surface area contributed by atoms with Gasteiger partial charge >= 0.3 is 0 Å². The molecular formula is C21H27ClN2O2. The number of benzene rings is 2. The maximum atomic E-state index is 6.31. The third-order valence-electron chi connectivity index (χ3n) is 4.44. The first kappa shape index (κ1) is 19.2. The molecular weight excluding hydrogens is 348 g/mol. The molecule has 0 atom stereocenters. The Balaban J connectivity index is 1.63. The highest BCUT2D eigenvalue weighted by Crippen LogP contribution is 2.29. The lowest BCUT2D eigenvalue weighted by atomic mass is 10.0. The van der Waals surface area contributed by atoms with Crippen molar-refractivity contribution in [1.82, 2.24) is 9.80 Å². The summed E-state index contributed by atoms with van der Waals surface area (Å²) in [5.41, 5.74) is 3.52. The molecule has 2 aromatic carbocycles. The average molecular weight is 375 g/mol. The normalized spacial score (nSPS) is 15.4. The molecule has 0 bridgehead atoms. The van der Waals surface area contributed by atoms with Crippen LogP contribution in [-0.4, -0.2) is 63.4 Å². The van der Waals surface area contributed by atoms with Crippen molar-refractivity contribution in [1.29, 1.82) is 0 Å². The molecule has 26 heavy (non-hydrogen) atoms. The zero-order chi connectivity index (χ0) is 18.4. The molecule has 5 heteroatoms. The molecule has 1 aliphatic heterocycles. The Kier molecular flexibility index (Phi) is 6.92. The Bertz CT molecular complexity index is 698. The molecule has 1 heterocycles. The number of rotatable bonds is 7. The van der Waals surface area contributed by atoms with Gasteiger partial charge in [-0.1, -0.05) is 35.9 Å². The molecule has 0 saturated carbocycles. The van der Waals surface area contributed by atoms with Gasteiger partial charge < -0.3 is 14.4 Å². The second-order valence-electron chi connectivity index (χ2n) is 6.91. The van der Waals surface area contributed by atoms with Gasteiger partial charge in [-0.15, -0.1) is 0 Å². The summed E-state index contributed by atoms with van der Waals surface area (Å²) in [7, 11) is 4.15. The lowest BCUT2D eigenvalue weighted by molar-refractivity contribution is 0.0322. The van der Waals surface area contributed by atoms with Crippen molar-refractivity contribution in [3.63, 3.8) is 0 Å². The molecule has 1 saturated heterocycles. The Morgan fingerprint density at radius 3 is 2.46 bits per heavy atom. The van der Waals surface area contributed by atoms with Crippen LogP contribution in [0.25, 0.3) is 11.1 Å². The molecule has 140 valence electrons. The Morgan fingerprint density at radius 2 is 1.77 bits per heavy atom. The molecule has 1 fully saturated rings. The summed E-state index contributed by atoms with van der Waals surface area (Å²) < 4.78 is 11.3. The van der Waals surface area contributed by atoms with Crippen molar-refractivity contribution in [2.75, 3.05) is 53.6 Å². The number of ether oxygens (including phenoxy) is 2. The molecule has 0 radical (unpaired) electrons. The molecule has 0 aromatic heterocycles. The fourth-order valence-electron chi connectivity index (χ4n) is 3.10. The minimum atomic E-state index is 0.654. The summed E-state index contributed by atoms with van der Waals surface area (Å²) in [6.07, 6.45) is 0. The standard InChI is InChI=1S/C21H27ClN2O2/c1-23(2)16-17-3-5-18(6-4-17)19-13-20(22)15-21(14-19)26-12-9-24-7-10-25-11-8-24/h3-6,13-15H,7-12,16H2,1-2H3. The predicted octanol–water partition coefficient (Wildman–Crippen LogP) is 3.78. The van der Waals surface area contributed by atoms with Crippen LogP contribution in [0.3, 0.4) is 0 Å². The van der Waals surface area contributed by atoms with Gasteiger partial charge in [-0.3, -0.25) is 4.90 Å². The van der Waals surface area contributed by atoms with Crippen molar-refractivity contribution in [2.45, 2.75) is 6.54 Å². The summed E-state index contributed by atoms with van der Waals surface area (Å²) in [6.45, 7) is 6.07. The maximum Gasteiger partial charge on any atom is 0.121 e. The second-order valence-corrected chi connectivity index (χ2v) is 7.35. The van der Waals surface area contributed by atoms with Gasteiger partial charge in [0.15, 0.2) is 0 Å². The highest BCUT2D eigenvalue weighted by atomic mass is 35.5. The summed E-state index contributed by atoms with van der Waals surface area (Å²) in [6, 6.07) is 14.5. The molecule has 0 aliphatic carbocycles. The number of halogens is 1. The SMILES string of the molecule is CN(C)Cc1ccc(-c2cc(Cl)cc(OCCN3CCOCC3)c2)cc1. The van der Waals surface area contributed by atoms with Crippen LogP contribution in [0.5, 0.6) is 5.75 Å². The lowest BCUT2D eigenvalue weighted by Crippen LogP contribution is -2.38. The van der Waals surface area contributed by atoms with Gasteiger partial charge in [0.1, 0.15) is 12.4 Å². The number of hydrogen-bond acceptors (Lipinski definition) is 4. The van der Waals surface area contributed by atoms with Crippen molar-refractivity contribution >= 4 is 11.6 Å². The van der Waals surface area contributed by atoms with Crippen molar-refractivity contribution in [2.24, 2.45) is 0 Å². The third kappa shape index (κ3) is 5.71. The van der Waals surface area contributed by atoms with Gasteiger partial charge in [0.2, 0.25) is 0 Å². The monoisotopic (exact) mass is 374 g/mol. The lowest BCUT2D eigenvalue weighted by Gasteiger charge is -2.26. The molecule has 0 N–H and O–H groups in total. The van der Waals surface area contributed by atoms with E-state index in [1.165, 1.54) is 5.56 Å². The quantitative estimate of drug-likeness (QED) is 0.736. The number of morpholine rings is 1. The molecule has 0 spiro atoms. The van der Waals surface area contributed by atoms with E-state index < -0.39 is 0 Å². The molecule has 0 amide bonds. The predicted molar refractivity (Wildman–Crippen MR) is 107 cm³/mol. The van der Waals surface area contributed by atoms with E-state index in [0.29, 0.717) is 11.6 Å². The van der Waals surface area contributed by atoms with E-state index >= 15 is 0 Å². The molecule has 0 unspecified atom stereocenters. The average Bonchev–Trinajstić information content (AvgIpc) is 2.62. The zero-order valence-corrected chi connectivity index (χ0v) is 16.3. The van der Waals surface area contributed by atoms with Crippen LogP contribution in [0.2, 0.25) is 5.02 Å². The minimum Gasteiger partial charge on any atom is -0.492 e. The van der Waals surface area contributed by atoms with E-state index in [0.717, 1.165) is 56.3 Å². The summed E-state index contributed by atoms with van der Waals surface area (Å²) in [5, 5.41) is 0.696. The topological polar surface area (TPSA) is 24.9 Å². The van der Waals surface area contributed by atoms with Gasteiger partial charge in [-0.25, -0.2) is 0 Å². The van der Waals surface area contributed by atoms with E-state index in [1.54, 1.807) is 0 Å². The fourth-order valence-corrected chi connectivity index (χ4v) is 3.32. The van der Waals surface area contributed by atoms with Gasteiger partial charge in [-0.2, -0.15) is 0 Å². The highest BCUT2D eigenvalue weighted by Gasteiger charge is 2.10. The third-order valence-corrected chi connectivity index (χ3v) is 4.66. The number of hydrogen-bond donors (Lipinski definition) is 0. The van der Waals surface area contributed by atoms with E-state index in [1.807, 2.05) is 12.1 Å². The fraction of sp³-hybridized carbons (Fsp3) is 0.429. The van der Waals surface area contributed by atoms with Crippen molar-refractivity contribution in [3.05, 3.63) is 53.1 Å². The minimum absolute atomic E-state index is 0.654. The largest absolute Gasteiger partial charge is 0.492 e. The van der Waals surface area contributed by atoms with E-state index in [2.05, 4.69) is 54.2 Å². The molecule has 4 nitrogen and oxygen atoms in total. The van der Waals surface area contributed by atoms with Crippen LogP contribution in [0, 0.1) is 0 Å². The van der Waals surface area contributed by atoms with Crippen LogP contribution in [0.1, 0.15) is 5.56 Å². The van der Waals surface area contributed by atoms with Gasteiger partial charge in [0.25, 0.3) is 0 Å². The Hall–Kier alpha value is -1.59. The van der Waals surface area contributed by atoms with Crippen LogP contribution in [-0.2, 0) is 11.3 Å². The van der Waals surface area contributed by atoms with Crippen LogP contribution >= 0.6 is 11.6 Å². The molecule has 3 rings (SSSR count).